The van der Waals surface area contributed by atoms with Crippen LogP contribution in [-0.4, -0.2) is 81.7 Å². The van der Waals surface area contributed by atoms with Gasteiger partial charge in [0.05, 0.1) is 29.1 Å². The molecule has 0 atom stereocenters. The Balaban J connectivity index is 1.29. The topological polar surface area (TPSA) is 53.3 Å². The lowest BCUT2D eigenvalue weighted by Gasteiger charge is -2.36. The molecule has 31 heavy (non-hydrogen) atoms. The second-order valence-electron chi connectivity index (χ2n) is 9.31. The largest absolute Gasteiger partial charge is 0.353 e. The number of rotatable bonds is 3. The molecule has 1 aliphatic carbocycles. The molecule has 6 rings (SSSR count). The number of benzene rings is 1. The highest BCUT2D eigenvalue weighted by atomic mass is 15.3. The monoisotopic (exact) mass is 417 g/mol. The van der Waals surface area contributed by atoms with Gasteiger partial charge < -0.3 is 14.4 Å². The molecule has 1 saturated carbocycles. The summed E-state index contributed by atoms with van der Waals surface area (Å²) in [5.41, 5.74) is 4.39. The number of likely N-dealkylation sites (N-methyl/N-ethyl adjacent to an activating group) is 1. The standard InChI is InChI=1S/C24H31N7/c1-28-9-11-30(12-10-28)24-17-25-16-21(27-24)18-5-6-20-22(15-18)31-14-13-29(19-3-2-4-19)8-7-23(31)26-20/h5-6,15-17,19H,2-4,7-14H2,1H3. The van der Waals surface area contributed by atoms with Crippen LogP contribution in [0.4, 0.5) is 5.82 Å². The van der Waals surface area contributed by atoms with Crippen LogP contribution in [-0.2, 0) is 13.0 Å². The maximum atomic E-state index is 4.97. The first-order valence-corrected chi connectivity index (χ1v) is 11.7. The summed E-state index contributed by atoms with van der Waals surface area (Å²) in [6.07, 6.45) is 8.96. The van der Waals surface area contributed by atoms with E-state index in [1.165, 1.54) is 30.6 Å². The molecular formula is C24H31N7. The van der Waals surface area contributed by atoms with Crippen LogP contribution in [0, 0.1) is 0 Å². The summed E-state index contributed by atoms with van der Waals surface area (Å²) < 4.78 is 2.44. The molecule has 2 aromatic heterocycles. The van der Waals surface area contributed by atoms with Crippen LogP contribution in [0.2, 0.25) is 0 Å². The van der Waals surface area contributed by atoms with Gasteiger partial charge in [0.1, 0.15) is 11.6 Å². The third-order valence-electron chi connectivity index (χ3n) is 7.40. The molecule has 3 aliphatic rings. The summed E-state index contributed by atoms with van der Waals surface area (Å²) in [5.74, 6) is 2.21. The van der Waals surface area contributed by atoms with Crippen LogP contribution in [0.15, 0.2) is 30.6 Å². The maximum absolute atomic E-state index is 4.97. The molecule has 0 radical (unpaired) electrons. The van der Waals surface area contributed by atoms with E-state index in [0.29, 0.717) is 0 Å². The van der Waals surface area contributed by atoms with Crippen molar-refractivity contribution in [2.45, 2.75) is 38.3 Å². The number of hydrogen-bond donors (Lipinski definition) is 0. The number of imidazole rings is 1. The van der Waals surface area contributed by atoms with Gasteiger partial charge in [0.2, 0.25) is 0 Å². The number of aromatic nitrogens is 4. The zero-order valence-electron chi connectivity index (χ0n) is 18.4. The molecule has 0 unspecified atom stereocenters. The van der Waals surface area contributed by atoms with Crippen LogP contribution in [0.1, 0.15) is 25.1 Å². The minimum Gasteiger partial charge on any atom is -0.353 e. The molecule has 2 fully saturated rings. The molecule has 162 valence electrons. The van der Waals surface area contributed by atoms with Crippen LogP contribution in [0.3, 0.4) is 0 Å². The first kappa shape index (κ1) is 19.2. The normalized spacial score (nSPS) is 21.1. The van der Waals surface area contributed by atoms with Crippen molar-refractivity contribution in [3.63, 3.8) is 0 Å². The average Bonchev–Trinajstić information content (AvgIpc) is 2.99. The van der Waals surface area contributed by atoms with Crippen molar-refractivity contribution in [3.05, 3.63) is 36.4 Å². The van der Waals surface area contributed by atoms with Gasteiger partial charge in [-0.1, -0.05) is 12.5 Å². The van der Waals surface area contributed by atoms with Gasteiger partial charge in [-0.3, -0.25) is 9.88 Å². The molecular weight excluding hydrogens is 386 g/mol. The molecule has 0 N–H and O–H groups in total. The van der Waals surface area contributed by atoms with E-state index in [4.69, 9.17) is 9.97 Å². The second kappa shape index (κ2) is 7.88. The van der Waals surface area contributed by atoms with E-state index in [1.54, 1.807) is 0 Å². The highest BCUT2D eigenvalue weighted by Crippen LogP contribution is 2.29. The van der Waals surface area contributed by atoms with Crippen LogP contribution in [0.25, 0.3) is 22.3 Å². The first-order chi connectivity index (χ1) is 15.2. The second-order valence-corrected chi connectivity index (χ2v) is 9.31. The van der Waals surface area contributed by atoms with Gasteiger partial charge in [-0.25, -0.2) is 9.97 Å². The SMILES string of the molecule is CN1CCN(c2cncc(-c3ccc4nc5n(c4c3)CCN(C3CCC3)CC5)n2)CC1. The lowest BCUT2D eigenvalue weighted by Crippen LogP contribution is -2.44. The predicted octanol–water partition coefficient (Wildman–Crippen LogP) is 2.66. The fourth-order valence-electron chi connectivity index (χ4n) is 5.16. The Kier molecular flexibility index (Phi) is 4.88. The Bertz CT molecular complexity index is 1080. The van der Waals surface area contributed by atoms with Gasteiger partial charge >= 0.3 is 0 Å². The maximum Gasteiger partial charge on any atom is 0.147 e. The van der Waals surface area contributed by atoms with E-state index in [-0.39, 0.29) is 0 Å². The Labute approximate surface area is 183 Å². The minimum absolute atomic E-state index is 0.805. The summed E-state index contributed by atoms with van der Waals surface area (Å²) >= 11 is 0. The van der Waals surface area contributed by atoms with Gasteiger partial charge in [0.15, 0.2) is 0 Å². The van der Waals surface area contributed by atoms with E-state index < -0.39 is 0 Å². The third kappa shape index (κ3) is 3.59. The van der Waals surface area contributed by atoms with Crippen LogP contribution >= 0.6 is 0 Å². The number of nitrogens with zero attached hydrogens (tertiary/aromatic N) is 7. The fourth-order valence-corrected chi connectivity index (χ4v) is 5.16. The molecule has 0 amide bonds. The summed E-state index contributed by atoms with van der Waals surface area (Å²) in [4.78, 5) is 21.9. The Morgan fingerprint density at radius 2 is 1.77 bits per heavy atom. The summed E-state index contributed by atoms with van der Waals surface area (Å²) in [6.45, 7) is 7.43. The molecule has 4 heterocycles. The van der Waals surface area contributed by atoms with E-state index in [0.717, 1.165) is 80.9 Å². The van der Waals surface area contributed by atoms with E-state index >= 15 is 0 Å². The van der Waals surface area contributed by atoms with Crippen molar-refractivity contribution >= 4 is 16.9 Å². The van der Waals surface area contributed by atoms with Crippen molar-refractivity contribution in [3.8, 4) is 11.3 Å². The van der Waals surface area contributed by atoms with Gasteiger partial charge in [0, 0.05) is 63.8 Å². The highest BCUT2D eigenvalue weighted by molar-refractivity contribution is 5.82. The minimum atomic E-state index is 0.805. The van der Waals surface area contributed by atoms with Crippen LogP contribution < -0.4 is 4.90 Å². The molecule has 2 aliphatic heterocycles. The summed E-state index contributed by atoms with van der Waals surface area (Å²) in [7, 11) is 2.18. The number of hydrogen-bond acceptors (Lipinski definition) is 6. The van der Waals surface area contributed by atoms with Crippen LogP contribution in [0.5, 0.6) is 0 Å². The Morgan fingerprint density at radius 1 is 0.903 bits per heavy atom. The fraction of sp³-hybridized carbons (Fsp3) is 0.542. The predicted molar refractivity (Wildman–Crippen MR) is 123 cm³/mol. The van der Waals surface area contributed by atoms with Gasteiger partial charge in [-0.05, 0) is 32.0 Å². The van der Waals surface area contributed by atoms with E-state index in [1.807, 2.05) is 12.4 Å². The number of piperazine rings is 1. The molecule has 3 aromatic rings. The Morgan fingerprint density at radius 3 is 2.58 bits per heavy atom. The smallest absolute Gasteiger partial charge is 0.147 e. The molecule has 0 bridgehead atoms. The Hall–Kier alpha value is -2.51. The quantitative estimate of drug-likeness (QED) is 0.653. The molecule has 1 aromatic carbocycles. The lowest BCUT2D eigenvalue weighted by atomic mass is 9.91. The average molecular weight is 418 g/mol. The first-order valence-electron chi connectivity index (χ1n) is 11.7. The van der Waals surface area contributed by atoms with E-state index in [9.17, 15) is 0 Å². The molecule has 1 saturated heterocycles. The van der Waals surface area contributed by atoms with Crippen molar-refractivity contribution in [2.75, 3.05) is 51.2 Å². The van der Waals surface area contributed by atoms with Crippen molar-refractivity contribution in [1.82, 2.24) is 29.3 Å². The van der Waals surface area contributed by atoms with Crippen molar-refractivity contribution in [2.24, 2.45) is 0 Å². The molecule has 0 spiro atoms. The lowest BCUT2D eigenvalue weighted by molar-refractivity contribution is 0.130. The number of fused-ring (bicyclic) bond motifs is 3. The third-order valence-corrected chi connectivity index (χ3v) is 7.40. The highest BCUT2D eigenvalue weighted by Gasteiger charge is 2.27. The van der Waals surface area contributed by atoms with Crippen molar-refractivity contribution < 1.29 is 0 Å². The van der Waals surface area contributed by atoms with Gasteiger partial charge in [-0.15, -0.1) is 0 Å². The summed E-state index contributed by atoms with van der Waals surface area (Å²) in [5, 5.41) is 0. The molecule has 7 heteroatoms. The zero-order valence-corrected chi connectivity index (χ0v) is 18.4. The van der Waals surface area contributed by atoms with Crippen molar-refractivity contribution in [1.29, 1.82) is 0 Å². The van der Waals surface area contributed by atoms with Gasteiger partial charge in [0.25, 0.3) is 0 Å². The van der Waals surface area contributed by atoms with Gasteiger partial charge in [-0.2, -0.15) is 0 Å². The zero-order chi connectivity index (χ0) is 20.8. The molecule has 7 nitrogen and oxygen atoms in total. The summed E-state index contributed by atoms with van der Waals surface area (Å²) in [6, 6.07) is 7.37. The number of anilines is 1. The van der Waals surface area contributed by atoms with E-state index in [2.05, 4.69) is 49.5 Å².